The molecule has 2 aromatic heterocycles. The maximum Gasteiger partial charge on any atom is 0.239 e. The monoisotopic (exact) mass is 288 g/mol. The van der Waals surface area contributed by atoms with E-state index in [0.29, 0.717) is 19.0 Å². The van der Waals surface area contributed by atoms with Crippen LogP contribution in [0.5, 0.6) is 0 Å². The standard InChI is InChI=1S/C14H20N6O/c1-3-15-13(21)9-19(4-2)12-8-7-11-16-17-14(10-5-6-10)20(11)18-12/h7-8,10H,3-6,9H2,1-2H3,(H,15,21). The lowest BCUT2D eigenvalue weighted by atomic mass is 10.4. The van der Waals surface area contributed by atoms with Crippen LogP contribution in [0.3, 0.4) is 0 Å². The highest BCUT2D eigenvalue weighted by atomic mass is 16.2. The summed E-state index contributed by atoms with van der Waals surface area (Å²) in [5.74, 6) is 2.20. The lowest BCUT2D eigenvalue weighted by Gasteiger charge is -2.21. The van der Waals surface area contributed by atoms with Gasteiger partial charge in [0, 0.05) is 19.0 Å². The van der Waals surface area contributed by atoms with Gasteiger partial charge >= 0.3 is 0 Å². The van der Waals surface area contributed by atoms with Crippen molar-refractivity contribution in [2.24, 2.45) is 0 Å². The van der Waals surface area contributed by atoms with Crippen LogP contribution in [0, 0.1) is 0 Å². The smallest absolute Gasteiger partial charge is 0.239 e. The van der Waals surface area contributed by atoms with E-state index in [1.54, 1.807) is 0 Å². The number of fused-ring (bicyclic) bond motifs is 1. The van der Waals surface area contributed by atoms with Gasteiger partial charge in [-0.2, -0.15) is 4.52 Å². The third-order valence-electron chi connectivity index (χ3n) is 3.63. The number of carbonyl (C=O) groups is 1. The molecule has 0 bridgehead atoms. The molecule has 3 rings (SSSR count). The summed E-state index contributed by atoms with van der Waals surface area (Å²) in [6.45, 7) is 5.59. The number of aromatic nitrogens is 4. The van der Waals surface area contributed by atoms with Crippen molar-refractivity contribution >= 4 is 17.4 Å². The van der Waals surface area contributed by atoms with Gasteiger partial charge in [-0.1, -0.05) is 0 Å². The molecule has 1 fully saturated rings. The molecule has 0 spiro atoms. The van der Waals surface area contributed by atoms with Crippen LogP contribution >= 0.6 is 0 Å². The van der Waals surface area contributed by atoms with Crippen LogP contribution in [0.25, 0.3) is 5.65 Å². The van der Waals surface area contributed by atoms with Crippen molar-refractivity contribution < 1.29 is 4.79 Å². The molecule has 0 atom stereocenters. The van der Waals surface area contributed by atoms with Crippen molar-refractivity contribution in [2.45, 2.75) is 32.6 Å². The molecule has 1 aliphatic rings. The van der Waals surface area contributed by atoms with E-state index >= 15 is 0 Å². The lowest BCUT2D eigenvalue weighted by Crippen LogP contribution is -2.37. The van der Waals surface area contributed by atoms with Crippen molar-refractivity contribution in [3.05, 3.63) is 18.0 Å². The van der Waals surface area contributed by atoms with E-state index in [1.165, 1.54) is 0 Å². The van der Waals surface area contributed by atoms with Crippen molar-refractivity contribution in [3.8, 4) is 0 Å². The summed E-state index contributed by atoms with van der Waals surface area (Å²) < 4.78 is 1.81. The molecule has 1 N–H and O–H groups in total. The Balaban J connectivity index is 1.87. The van der Waals surface area contributed by atoms with Gasteiger partial charge in [-0.25, -0.2) is 0 Å². The minimum Gasteiger partial charge on any atom is -0.355 e. The first-order valence-corrected chi connectivity index (χ1v) is 7.47. The molecule has 2 heterocycles. The molecule has 112 valence electrons. The van der Waals surface area contributed by atoms with E-state index in [2.05, 4.69) is 20.6 Å². The fraction of sp³-hybridized carbons (Fsp3) is 0.571. The second-order valence-electron chi connectivity index (χ2n) is 5.26. The first-order valence-electron chi connectivity index (χ1n) is 7.47. The molecular weight excluding hydrogens is 268 g/mol. The number of nitrogens with one attached hydrogen (secondary N) is 1. The highest BCUT2D eigenvalue weighted by Crippen LogP contribution is 2.38. The molecule has 21 heavy (non-hydrogen) atoms. The number of rotatable bonds is 6. The zero-order valence-corrected chi connectivity index (χ0v) is 12.4. The fourth-order valence-electron chi connectivity index (χ4n) is 2.34. The topological polar surface area (TPSA) is 75.4 Å². The Morgan fingerprint density at radius 3 is 2.86 bits per heavy atom. The molecule has 0 saturated heterocycles. The quantitative estimate of drug-likeness (QED) is 0.857. The van der Waals surface area contributed by atoms with Crippen LogP contribution in [0.4, 0.5) is 5.82 Å². The number of nitrogens with zero attached hydrogens (tertiary/aromatic N) is 5. The summed E-state index contributed by atoms with van der Waals surface area (Å²) in [4.78, 5) is 13.7. The zero-order chi connectivity index (χ0) is 14.8. The van der Waals surface area contributed by atoms with E-state index < -0.39 is 0 Å². The fourth-order valence-corrected chi connectivity index (χ4v) is 2.34. The summed E-state index contributed by atoms with van der Waals surface area (Å²) in [5.41, 5.74) is 0.759. The van der Waals surface area contributed by atoms with Gasteiger partial charge in [0.25, 0.3) is 0 Å². The SMILES string of the molecule is CCNC(=O)CN(CC)c1ccc2nnc(C3CC3)n2n1. The van der Waals surface area contributed by atoms with Crippen LogP contribution in [0.15, 0.2) is 12.1 Å². The highest BCUT2D eigenvalue weighted by molar-refractivity contribution is 5.80. The predicted molar refractivity (Wildman–Crippen MR) is 79.3 cm³/mol. The second-order valence-corrected chi connectivity index (χ2v) is 5.26. The van der Waals surface area contributed by atoms with Gasteiger partial charge in [-0.15, -0.1) is 15.3 Å². The van der Waals surface area contributed by atoms with E-state index in [0.717, 1.165) is 36.7 Å². The van der Waals surface area contributed by atoms with Crippen molar-refractivity contribution in [1.29, 1.82) is 0 Å². The van der Waals surface area contributed by atoms with Gasteiger partial charge in [-0.3, -0.25) is 4.79 Å². The van der Waals surface area contributed by atoms with Crippen LogP contribution in [0.1, 0.15) is 38.4 Å². The van der Waals surface area contributed by atoms with Gasteiger partial charge in [-0.05, 0) is 38.8 Å². The molecule has 0 unspecified atom stereocenters. The van der Waals surface area contributed by atoms with Crippen LogP contribution < -0.4 is 10.2 Å². The summed E-state index contributed by atoms with van der Waals surface area (Å²) in [5, 5.41) is 15.8. The highest BCUT2D eigenvalue weighted by Gasteiger charge is 2.29. The molecule has 0 aliphatic heterocycles. The Labute approximate surface area is 123 Å². The Morgan fingerprint density at radius 2 is 2.19 bits per heavy atom. The Hall–Kier alpha value is -2.18. The number of carbonyl (C=O) groups excluding carboxylic acids is 1. The second kappa shape index (κ2) is 5.67. The van der Waals surface area contributed by atoms with Gasteiger partial charge in [0.15, 0.2) is 11.5 Å². The Morgan fingerprint density at radius 1 is 1.38 bits per heavy atom. The maximum absolute atomic E-state index is 11.8. The van der Waals surface area contributed by atoms with Gasteiger partial charge < -0.3 is 10.2 Å². The maximum atomic E-state index is 11.8. The molecule has 0 aromatic carbocycles. The van der Waals surface area contributed by atoms with Crippen molar-refractivity contribution in [2.75, 3.05) is 24.5 Å². The minimum absolute atomic E-state index is 0.00687. The molecule has 0 radical (unpaired) electrons. The molecule has 1 amide bonds. The predicted octanol–water partition coefficient (Wildman–Crippen LogP) is 0.964. The van der Waals surface area contributed by atoms with E-state index in [1.807, 2.05) is 35.4 Å². The van der Waals surface area contributed by atoms with Crippen molar-refractivity contribution in [1.82, 2.24) is 25.1 Å². The summed E-state index contributed by atoms with van der Waals surface area (Å²) in [7, 11) is 0. The normalized spacial score (nSPS) is 14.4. The Bertz CT molecular complexity index is 648. The largest absolute Gasteiger partial charge is 0.355 e. The third-order valence-corrected chi connectivity index (χ3v) is 3.63. The molecule has 1 saturated carbocycles. The number of hydrogen-bond donors (Lipinski definition) is 1. The minimum atomic E-state index is 0.00687. The number of likely N-dealkylation sites (N-methyl/N-ethyl adjacent to an activating group) is 2. The molecule has 2 aromatic rings. The average Bonchev–Trinajstić information content (AvgIpc) is 3.24. The van der Waals surface area contributed by atoms with Crippen LogP contribution in [0.2, 0.25) is 0 Å². The molecule has 7 heteroatoms. The number of anilines is 1. The first-order chi connectivity index (χ1) is 10.2. The summed E-state index contributed by atoms with van der Waals surface area (Å²) in [6.07, 6.45) is 2.31. The van der Waals surface area contributed by atoms with Crippen LogP contribution in [-0.4, -0.2) is 45.4 Å². The first kappa shape index (κ1) is 13.8. The molecule has 7 nitrogen and oxygen atoms in total. The van der Waals surface area contributed by atoms with Crippen LogP contribution in [-0.2, 0) is 4.79 Å². The van der Waals surface area contributed by atoms with E-state index in [-0.39, 0.29) is 5.91 Å². The Kier molecular flexibility index (Phi) is 3.72. The lowest BCUT2D eigenvalue weighted by molar-refractivity contribution is -0.119. The summed E-state index contributed by atoms with van der Waals surface area (Å²) >= 11 is 0. The van der Waals surface area contributed by atoms with Gasteiger partial charge in [0.05, 0.1) is 6.54 Å². The molecular formula is C14H20N6O. The molecule has 1 aliphatic carbocycles. The summed E-state index contributed by atoms with van der Waals surface area (Å²) in [6, 6.07) is 3.80. The third kappa shape index (κ3) is 2.81. The van der Waals surface area contributed by atoms with Crippen molar-refractivity contribution in [3.63, 3.8) is 0 Å². The zero-order valence-electron chi connectivity index (χ0n) is 12.4. The van der Waals surface area contributed by atoms with Gasteiger partial charge in [0.2, 0.25) is 5.91 Å². The van der Waals surface area contributed by atoms with Gasteiger partial charge in [0.1, 0.15) is 5.82 Å². The average molecular weight is 288 g/mol. The van der Waals surface area contributed by atoms with E-state index in [4.69, 9.17) is 0 Å². The van der Waals surface area contributed by atoms with E-state index in [9.17, 15) is 4.79 Å². The number of amides is 1. The number of hydrogen-bond acceptors (Lipinski definition) is 5.